The highest BCUT2D eigenvalue weighted by Crippen LogP contribution is 2.19. The van der Waals surface area contributed by atoms with Gasteiger partial charge in [-0.3, -0.25) is 5.41 Å². The normalized spacial score (nSPS) is 14.9. The Bertz CT molecular complexity index is 261. The predicted octanol–water partition coefficient (Wildman–Crippen LogP) is 1.14. The standard InChI is InChI=1S/C11H22N4O/c1-8(2)7-15(6-5-10(12)13)11(16)14-9-3-4-9/h8-9H,3-7H2,1-2H3,(H3,12,13)(H,14,16). The van der Waals surface area contributed by atoms with Crippen LogP contribution in [0.15, 0.2) is 0 Å². The van der Waals surface area contributed by atoms with E-state index >= 15 is 0 Å². The van der Waals surface area contributed by atoms with E-state index in [2.05, 4.69) is 19.2 Å². The third-order valence-electron chi connectivity index (χ3n) is 2.43. The highest BCUT2D eigenvalue weighted by molar-refractivity contribution is 5.79. The maximum atomic E-state index is 11.8. The number of nitrogens with one attached hydrogen (secondary N) is 2. The van der Waals surface area contributed by atoms with E-state index in [0.717, 1.165) is 12.8 Å². The van der Waals surface area contributed by atoms with Crippen LogP contribution in [0.1, 0.15) is 33.1 Å². The number of hydrogen-bond donors (Lipinski definition) is 3. The van der Waals surface area contributed by atoms with Crippen molar-refractivity contribution in [2.75, 3.05) is 13.1 Å². The number of nitrogens with two attached hydrogens (primary N) is 1. The van der Waals surface area contributed by atoms with Gasteiger partial charge in [0.15, 0.2) is 0 Å². The van der Waals surface area contributed by atoms with Crippen molar-refractivity contribution in [3.8, 4) is 0 Å². The molecule has 5 nitrogen and oxygen atoms in total. The summed E-state index contributed by atoms with van der Waals surface area (Å²) in [5.41, 5.74) is 5.31. The molecule has 1 fully saturated rings. The van der Waals surface area contributed by atoms with Crippen molar-refractivity contribution >= 4 is 11.9 Å². The number of nitrogens with zero attached hydrogens (tertiary/aromatic N) is 1. The van der Waals surface area contributed by atoms with E-state index in [0.29, 0.717) is 31.5 Å². The van der Waals surface area contributed by atoms with Gasteiger partial charge in [-0.2, -0.15) is 0 Å². The highest BCUT2D eigenvalue weighted by Gasteiger charge is 2.25. The van der Waals surface area contributed by atoms with E-state index < -0.39 is 0 Å². The first kappa shape index (κ1) is 12.8. The zero-order chi connectivity index (χ0) is 12.1. The molecule has 0 spiro atoms. The summed E-state index contributed by atoms with van der Waals surface area (Å²) in [7, 11) is 0. The molecular weight excluding hydrogens is 204 g/mol. The molecule has 0 saturated heterocycles. The van der Waals surface area contributed by atoms with Crippen LogP contribution in [0, 0.1) is 11.3 Å². The van der Waals surface area contributed by atoms with Crippen molar-refractivity contribution in [2.45, 2.75) is 39.2 Å². The second-order valence-corrected chi connectivity index (χ2v) is 4.84. The summed E-state index contributed by atoms with van der Waals surface area (Å²) < 4.78 is 0. The molecule has 2 amide bonds. The lowest BCUT2D eigenvalue weighted by Gasteiger charge is -2.24. The van der Waals surface area contributed by atoms with Crippen molar-refractivity contribution in [2.24, 2.45) is 11.7 Å². The molecular formula is C11H22N4O. The van der Waals surface area contributed by atoms with Crippen molar-refractivity contribution in [1.82, 2.24) is 10.2 Å². The minimum Gasteiger partial charge on any atom is -0.388 e. The van der Waals surface area contributed by atoms with Crippen LogP contribution >= 0.6 is 0 Å². The number of amides is 2. The quantitative estimate of drug-likeness (QED) is 0.469. The number of urea groups is 1. The van der Waals surface area contributed by atoms with Crippen molar-refractivity contribution in [3.05, 3.63) is 0 Å². The fourth-order valence-electron chi connectivity index (χ4n) is 1.47. The Morgan fingerprint density at radius 1 is 1.56 bits per heavy atom. The molecule has 1 aliphatic carbocycles. The highest BCUT2D eigenvalue weighted by atomic mass is 16.2. The number of hydrogen-bond acceptors (Lipinski definition) is 2. The molecule has 4 N–H and O–H groups in total. The molecule has 0 aromatic rings. The SMILES string of the molecule is CC(C)CN(CCC(=N)N)C(=O)NC1CC1. The smallest absolute Gasteiger partial charge is 0.317 e. The van der Waals surface area contributed by atoms with Crippen LogP contribution in [0.3, 0.4) is 0 Å². The van der Waals surface area contributed by atoms with Gasteiger partial charge in [-0.15, -0.1) is 0 Å². The topological polar surface area (TPSA) is 82.2 Å². The first-order chi connectivity index (χ1) is 7.49. The van der Waals surface area contributed by atoms with Crippen molar-refractivity contribution < 1.29 is 4.79 Å². The summed E-state index contributed by atoms with van der Waals surface area (Å²) in [6.07, 6.45) is 2.63. The molecule has 0 atom stereocenters. The second kappa shape index (κ2) is 5.72. The van der Waals surface area contributed by atoms with E-state index in [1.807, 2.05) is 0 Å². The molecule has 0 aliphatic heterocycles. The van der Waals surface area contributed by atoms with Gasteiger partial charge in [0, 0.05) is 25.6 Å². The Hall–Kier alpha value is -1.26. The fraction of sp³-hybridized carbons (Fsp3) is 0.818. The number of rotatable bonds is 6. The number of amidine groups is 1. The molecule has 5 heteroatoms. The van der Waals surface area contributed by atoms with Gasteiger partial charge in [0.05, 0.1) is 5.84 Å². The molecule has 1 rings (SSSR count). The van der Waals surface area contributed by atoms with Gasteiger partial charge in [-0.05, 0) is 18.8 Å². The zero-order valence-electron chi connectivity index (χ0n) is 10.1. The average molecular weight is 226 g/mol. The summed E-state index contributed by atoms with van der Waals surface area (Å²) in [6.45, 7) is 5.40. The maximum Gasteiger partial charge on any atom is 0.317 e. The molecule has 16 heavy (non-hydrogen) atoms. The van der Waals surface area contributed by atoms with Crippen LogP contribution in [-0.2, 0) is 0 Å². The summed E-state index contributed by atoms with van der Waals surface area (Å²) >= 11 is 0. The Balaban J connectivity index is 2.40. The minimum absolute atomic E-state index is 0.0162. The minimum atomic E-state index is -0.0162. The summed E-state index contributed by atoms with van der Waals surface area (Å²) in [6, 6.07) is 0.358. The molecule has 0 radical (unpaired) electrons. The van der Waals surface area contributed by atoms with Crippen molar-refractivity contribution in [3.63, 3.8) is 0 Å². The van der Waals surface area contributed by atoms with Gasteiger partial charge in [0.1, 0.15) is 0 Å². The molecule has 1 aliphatic rings. The molecule has 0 aromatic carbocycles. The first-order valence-electron chi connectivity index (χ1n) is 5.87. The lowest BCUT2D eigenvalue weighted by Crippen LogP contribution is -2.44. The fourth-order valence-corrected chi connectivity index (χ4v) is 1.47. The largest absolute Gasteiger partial charge is 0.388 e. The van der Waals surface area contributed by atoms with E-state index in [4.69, 9.17) is 11.1 Å². The number of carbonyl (C=O) groups excluding carboxylic acids is 1. The lowest BCUT2D eigenvalue weighted by molar-refractivity contribution is 0.192. The second-order valence-electron chi connectivity index (χ2n) is 4.84. The first-order valence-corrected chi connectivity index (χ1v) is 5.87. The van der Waals surface area contributed by atoms with Gasteiger partial charge in [0.25, 0.3) is 0 Å². The van der Waals surface area contributed by atoms with Gasteiger partial charge in [0.2, 0.25) is 0 Å². The molecule has 0 aromatic heterocycles. The Labute approximate surface area is 96.9 Å². The summed E-state index contributed by atoms with van der Waals surface area (Å²) in [5, 5.41) is 10.1. The van der Waals surface area contributed by atoms with Crippen LogP contribution < -0.4 is 11.1 Å². The van der Waals surface area contributed by atoms with Gasteiger partial charge in [-0.1, -0.05) is 13.8 Å². The number of carbonyl (C=O) groups is 1. The molecule has 1 saturated carbocycles. The molecule has 0 bridgehead atoms. The molecule has 92 valence electrons. The third-order valence-corrected chi connectivity index (χ3v) is 2.43. The van der Waals surface area contributed by atoms with Gasteiger partial charge in [-0.25, -0.2) is 4.79 Å². The molecule has 0 unspecified atom stereocenters. The predicted molar refractivity (Wildman–Crippen MR) is 64.5 cm³/mol. The summed E-state index contributed by atoms with van der Waals surface area (Å²) in [5.74, 6) is 0.560. The summed E-state index contributed by atoms with van der Waals surface area (Å²) in [4.78, 5) is 13.6. The van der Waals surface area contributed by atoms with E-state index in [1.54, 1.807) is 4.90 Å². The third kappa shape index (κ3) is 5.00. The monoisotopic (exact) mass is 226 g/mol. The van der Waals surface area contributed by atoms with E-state index in [1.165, 1.54) is 0 Å². The van der Waals surface area contributed by atoms with Gasteiger partial charge < -0.3 is 16.0 Å². The Morgan fingerprint density at radius 3 is 2.62 bits per heavy atom. The van der Waals surface area contributed by atoms with E-state index in [-0.39, 0.29) is 11.9 Å². The van der Waals surface area contributed by atoms with Crippen LogP contribution in [0.5, 0.6) is 0 Å². The Kier molecular flexibility index (Phi) is 4.58. The van der Waals surface area contributed by atoms with Crippen LogP contribution in [0.25, 0.3) is 0 Å². The maximum absolute atomic E-state index is 11.8. The van der Waals surface area contributed by atoms with Crippen LogP contribution in [0.2, 0.25) is 0 Å². The van der Waals surface area contributed by atoms with E-state index in [9.17, 15) is 4.79 Å². The zero-order valence-corrected chi connectivity index (χ0v) is 10.1. The van der Waals surface area contributed by atoms with Crippen LogP contribution in [-0.4, -0.2) is 35.9 Å². The Morgan fingerprint density at radius 2 is 2.19 bits per heavy atom. The molecule has 0 heterocycles. The van der Waals surface area contributed by atoms with Crippen LogP contribution in [0.4, 0.5) is 4.79 Å². The van der Waals surface area contributed by atoms with Gasteiger partial charge >= 0.3 is 6.03 Å². The lowest BCUT2D eigenvalue weighted by atomic mass is 10.2. The average Bonchev–Trinajstić information content (AvgIpc) is 2.94. The van der Waals surface area contributed by atoms with Crippen molar-refractivity contribution in [1.29, 1.82) is 5.41 Å².